The van der Waals surface area contributed by atoms with Crippen LogP contribution in [0.2, 0.25) is 0 Å². The van der Waals surface area contributed by atoms with Crippen molar-refractivity contribution in [1.82, 2.24) is 5.32 Å². The molecule has 0 aromatic heterocycles. The second kappa shape index (κ2) is 7.79. The van der Waals surface area contributed by atoms with E-state index in [9.17, 15) is 8.42 Å². The van der Waals surface area contributed by atoms with Crippen molar-refractivity contribution in [3.8, 4) is 0 Å². The van der Waals surface area contributed by atoms with Crippen LogP contribution in [-0.2, 0) is 9.84 Å². The fourth-order valence-electron chi connectivity index (χ4n) is 1.99. The quantitative estimate of drug-likeness (QED) is 0.801. The third-order valence-corrected chi connectivity index (χ3v) is 5.15. The van der Waals surface area contributed by atoms with Crippen LogP contribution in [0, 0.1) is 12.8 Å². The summed E-state index contributed by atoms with van der Waals surface area (Å²) in [5, 5.41) is 3.30. The Hall–Kier alpha value is -0.870. The zero-order chi connectivity index (χ0) is 15.2. The van der Waals surface area contributed by atoms with Crippen LogP contribution >= 0.6 is 0 Å². The van der Waals surface area contributed by atoms with Gasteiger partial charge in [-0.3, -0.25) is 0 Å². The minimum absolute atomic E-state index is 0.155. The van der Waals surface area contributed by atoms with E-state index < -0.39 is 9.84 Å². The van der Waals surface area contributed by atoms with E-state index in [0.717, 1.165) is 12.0 Å². The Kier molecular flexibility index (Phi) is 6.69. The molecule has 0 radical (unpaired) electrons. The van der Waals surface area contributed by atoms with Gasteiger partial charge in [0, 0.05) is 12.6 Å². The van der Waals surface area contributed by atoms with E-state index in [1.165, 1.54) is 6.42 Å². The summed E-state index contributed by atoms with van der Waals surface area (Å²) in [7, 11) is -3.17. The van der Waals surface area contributed by atoms with Gasteiger partial charge >= 0.3 is 0 Å². The van der Waals surface area contributed by atoms with E-state index in [2.05, 4.69) is 26.1 Å². The topological polar surface area (TPSA) is 46.2 Å². The van der Waals surface area contributed by atoms with Crippen molar-refractivity contribution in [3.63, 3.8) is 0 Å². The summed E-state index contributed by atoms with van der Waals surface area (Å²) in [5.41, 5.74) is 1.07. The van der Waals surface area contributed by atoms with Crippen LogP contribution in [0.25, 0.3) is 0 Å². The summed E-state index contributed by atoms with van der Waals surface area (Å²) >= 11 is 0. The number of rotatable bonds is 8. The van der Waals surface area contributed by atoms with Gasteiger partial charge in [-0.2, -0.15) is 0 Å². The van der Waals surface area contributed by atoms with Crippen molar-refractivity contribution in [3.05, 3.63) is 29.8 Å². The second-order valence-corrected chi connectivity index (χ2v) is 8.07. The number of hydrogen-bond acceptors (Lipinski definition) is 3. The summed E-state index contributed by atoms with van der Waals surface area (Å²) in [6.07, 6.45) is 2.25. The summed E-state index contributed by atoms with van der Waals surface area (Å²) in [5.74, 6) is 0.845. The van der Waals surface area contributed by atoms with Crippen LogP contribution in [0.1, 0.15) is 39.2 Å². The summed E-state index contributed by atoms with van der Waals surface area (Å²) < 4.78 is 24.3. The highest BCUT2D eigenvalue weighted by Gasteiger charge is 2.14. The third-order valence-electron chi connectivity index (χ3n) is 3.42. The maximum atomic E-state index is 12.2. The van der Waals surface area contributed by atoms with Gasteiger partial charge < -0.3 is 5.32 Å². The van der Waals surface area contributed by atoms with Crippen molar-refractivity contribution in [2.45, 2.75) is 51.5 Å². The Labute approximate surface area is 123 Å². The molecule has 1 aromatic rings. The molecule has 0 fully saturated rings. The molecular formula is C16H27NO2S. The van der Waals surface area contributed by atoms with Crippen molar-refractivity contribution < 1.29 is 8.42 Å². The molecule has 1 rings (SSSR count). The van der Waals surface area contributed by atoms with Crippen molar-refractivity contribution in [1.29, 1.82) is 0 Å². The molecule has 20 heavy (non-hydrogen) atoms. The smallest absolute Gasteiger partial charge is 0.179 e. The number of sulfone groups is 1. The normalized spacial score (nSPS) is 13.7. The van der Waals surface area contributed by atoms with Crippen LogP contribution in [-0.4, -0.2) is 26.8 Å². The SMILES string of the molecule is Cc1ccc(S(=O)(=O)CCNC(C)CCC(C)C)cc1. The van der Waals surface area contributed by atoms with E-state index >= 15 is 0 Å². The van der Waals surface area contributed by atoms with Gasteiger partial charge in [0.1, 0.15) is 0 Å². The molecule has 3 nitrogen and oxygen atoms in total. The first kappa shape index (κ1) is 17.2. The highest BCUT2D eigenvalue weighted by atomic mass is 32.2. The molecule has 4 heteroatoms. The Balaban J connectivity index is 2.42. The highest BCUT2D eigenvalue weighted by molar-refractivity contribution is 7.91. The van der Waals surface area contributed by atoms with E-state index in [-0.39, 0.29) is 5.75 Å². The molecule has 1 atom stereocenters. The number of hydrogen-bond donors (Lipinski definition) is 1. The number of aryl methyl sites for hydroxylation is 1. The fraction of sp³-hybridized carbons (Fsp3) is 0.625. The van der Waals surface area contributed by atoms with E-state index in [4.69, 9.17) is 0 Å². The number of nitrogens with one attached hydrogen (secondary N) is 1. The maximum Gasteiger partial charge on any atom is 0.179 e. The van der Waals surface area contributed by atoms with Gasteiger partial charge in [-0.05, 0) is 44.7 Å². The lowest BCUT2D eigenvalue weighted by Crippen LogP contribution is -2.31. The third kappa shape index (κ3) is 6.06. The maximum absolute atomic E-state index is 12.2. The van der Waals surface area contributed by atoms with Crippen LogP contribution in [0.4, 0.5) is 0 Å². The molecule has 114 valence electrons. The van der Waals surface area contributed by atoms with E-state index in [1.807, 2.05) is 19.1 Å². The molecule has 0 amide bonds. The largest absolute Gasteiger partial charge is 0.313 e. The average Bonchev–Trinajstić information content (AvgIpc) is 2.36. The summed E-state index contributed by atoms with van der Waals surface area (Å²) in [6.45, 7) is 8.98. The monoisotopic (exact) mass is 297 g/mol. The zero-order valence-electron chi connectivity index (χ0n) is 13.0. The van der Waals surface area contributed by atoms with Crippen molar-refractivity contribution in [2.75, 3.05) is 12.3 Å². The predicted octanol–water partition coefficient (Wildman–Crippen LogP) is 3.18. The molecule has 0 spiro atoms. The fourth-order valence-corrected chi connectivity index (χ4v) is 3.16. The van der Waals surface area contributed by atoms with Crippen LogP contribution in [0.3, 0.4) is 0 Å². The van der Waals surface area contributed by atoms with Gasteiger partial charge in [-0.25, -0.2) is 8.42 Å². The number of benzene rings is 1. The van der Waals surface area contributed by atoms with Gasteiger partial charge in [0.15, 0.2) is 9.84 Å². The minimum atomic E-state index is -3.17. The van der Waals surface area contributed by atoms with Gasteiger partial charge in [0.05, 0.1) is 10.6 Å². The predicted molar refractivity (Wildman–Crippen MR) is 84.8 cm³/mol. The van der Waals surface area contributed by atoms with Crippen LogP contribution in [0.15, 0.2) is 29.2 Å². The Morgan fingerprint density at radius 1 is 1.05 bits per heavy atom. The molecular weight excluding hydrogens is 270 g/mol. The molecule has 0 bridgehead atoms. The molecule has 0 saturated heterocycles. The van der Waals surface area contributed by atoms with E-state index in [0.29, 0.717) is 23.4 Å². The molecule has 0 aliphatic rings. The Bertz CT molecular complexity index is 492. The Morgan fingerprint density at radius 2 is 1.65 bits per heavy atom. The molecule has 1 N–H and O–H groups in total. The van der Waals surface area contributed by atoms with Crippen LogP contribution < -0.4 is 5.32 Å². The Morgan fingerprint density at radius 3 is 2.20 bits per heavy atom. The van der Waals surface area contributed by atoms with Crippen molar-refractivity contribution in [2.24, 2.45) is 5.92 Å². The first-order chi connectivity index (χ1) is 9.31. The molecule has 1 unspecified atom stereocenters. The highest BCUT2D eigenvalue weighted by Crippen LogP contribution is 2.12. The molecule has 0 aliphatic carbocycles. The molecule has 0 saturated carbocycles. The molecule has 1 aromatic carbocycles. The van der Waals surface area contributed by atoms with E-state index in [1.54, 1.807) is 12.1 Å². The first-order valence-corrected chi connectivity index (χ1v) is 8.99. The van der Waals surface area contributed by atoms with Crippen LogP contribution in [0.5, 0.6) is 0 Å². The van der Waals surface area contributed by atoms with Gasteiger partial charge in [0.2, 0.25) is 0 Å². The first-order valence-electron chi connectivity index (χ1n) is 7.34. The minimum Gasteiger partial charge on any atom is -0.313 e. The van der Waals surface area contributed by atoms with Gasteiger partial charge in [-0.15, -0.1) is 0 Å². The second-order valence-electron chi connectivity index (χ2n) is 5.96. The molecule has 0 aliphatic heterocycles. The lowest BCUT2D eigenvalue weighted by molar-refractivity contribution is 0.459. The standard InChI is InChI=1S/C16H27NO2S/c1-13(2)5-8-15(4)17-11-12-20(18,19)16-9-6-14(3)7-10-16/h6-7,9-10,13,15,17H,5,8,11-12H2,1-4H3. The molecule has 0 heterocycles. The van der Waals surface area contributed by atoms with Gasteiger partial charge in [0.25, 0.3) is 0 Å². The van der Waals surface area contributed by atoms with Crippen molar-refractivity contribution >= 4 is 9.84 Å². The lowest BCUT2D eigenvalue weighted by Gasteiger charge is -2.15. The lowest BCUT2D eigenvalue weighted by atomic mass is 10.0. The van der Waals surface area contributed by atoms with Gasteiger partial charge in [-0.1, -0.05) is 31.5 Å². The summed E-state index contributed by atoms with van der Waals surface area (Å²) in [6, 6.07) is 7.42. The summed E-state index contributed by atoms with van der Waals surface area (Å²) in [4.78, 5) is 0.416. The average molecular weight is 297 g/mol. The zero-order valence-corrected chi connectivity index (χ0v) is 13.8.